The smallest absolute Gasteiger partial charge is 0.276 e. The largest absolute Gasteiger partial charge is 0.346 e. The number of amides is 2. The van der Waals surface area contributed by atoms with Crippen molar-refractivity contribution in [2.45, 2.75) is 20.3 Å². The van der Waals surface area contributed by atoms with E-state index in [0.717, 1.165) is 39.6 Å². The number of aryl methyl sites for hydroxylation is 2. The van der Waals surface area contributed by atoms with Crippen LogP contribution in [0.4, 0.5) is 17.2 Å². The number of nitrogens with one attached hydrogen (secondary N) is 5. The Bertz CT molecular complexity index is 1410. The molecular weight excluding hydrogens is 430 g/mol. The summed E-state index contributed by atoms with van der Waals surface area (Å²) in [5, 5.41) is 22.5. The molecule has 170 valence electrons. The monoisotopic (exact) mass is 453 g/mol. The minimum absolute atomic E-state index is 0.150. The molecule has 0 bridgehead atoms. The molecule has 2 aromatic carbocycles. The quantitative estimate of drug-likeness (QED) is 0.282. The minimum Gasteiger partial charge on any atom is -0.346 e. The summed E-state index contributed by atoms with van der Waals surface area (Å²) in [7, 11) is 0. The van der Waals surface area contributed by atoms with Gasteiger partial charge in [-0.25, -0.2) is 0 Å². The second-order valence-electron chi connectivity index (χ2n) is 8.22. The maximum atomic E-state index is 12.5. The van der Waals surface area contributed by atoms with E-state index in [1.165, 1.54) is 0 Å². The van der Waals surface area contributed by atoms with E-state index in [0.29, 0.717) is 23.4 Å². The summed E-state index contributed by atoms with van der Waals surface area (Å²) in [6.07, 6.45) is 2.38. The van der Waals surface area contributed by atoms with Crippen molar-refractivity contribution in [1.29, 1.82) is 0 Å². The van der Waals surface area contributed by atoms with Crippen LogP contribution < -0.4 is 16.0 Å². The zero-order valence-electron chi connectivity index (χ0n) is 18.7. The summed E-state index contributed by atoms with van der Waals surface area (Å²) >= 11 is 0. The van der Waals surface area contributed by atoms with Crippen LogP contribution in [0.25, 0.3) is 5.57 Å². The normalized spacial score (nSPS) is 13.6. The van der Waals surface area contributed by atoms with Crippen molar-refractivity contribution in [3.63, 3.8) is 0 Å². The average Bonchev–Trinajstić information content (AvgIpc) is 3.52. The number of hydrogen-bond donors (Lipinski definition) is 5. The number of hydrogen-bond acceptors (Lipinski definition) is 5. The Kier molecular flexibility index (Phi) is 5.43. The van der Waals surface area contributed by atoms with E-state index in [1.54, 1.807) is 12.3 Å². The first-order valence-corrected chi connectivity index (χ1v) is 10.8. The number of carbonyl (C=O) groups excluding carboxylic acids is 2. The minimum atomic E-state index is -0.258. The first-order chi connectivity index (χ1) is 16.4. The number of fused-ring (bicyclic) bond motifs is 1. The molecule has 5 rings (SSSR count). The zero-order chi connectivity index (χ0) is 23.7. The van der Waals surface area contributed by atoms with Gasteiger partial charge in [0.15, 0.2) is 5.69 Å². The van der Waals surface area contributed by atoms with Crippen molar-refractivity contribution in [1.82, 2.24) is 20.4 Å². The van der Waals surface area contributed by atoms with Crippen molar-refractivity contribution in [2.75, 3.05) is 16.0 Å². The third-order valence-corrected chi connectivity index (χ3v) is 5.50. The van der Waals surface area contributed by atoms with Gasteiger partial charge in [0.05, 0.1) is 11.3 Å². The third-order valence-electron chi connectivity index (χ3n) is 5.50. The lowest BCUT2D eigenvalue weighted by Crippen LogP contribution is -2.12. The maximum Gasteiger partial charge on any atom is 0.276 e. The standard InChI is InChI=1S/C25H23N7O2/c1-14-9-22(31-29-14)25(34)27-18-6-3-16(4-7-18)11-17-5-8-21-19(12-17)20(24(33)28-21)13-26-23-10-15(2)30-32-23/h3-10,12-13H,11H2,1-2H3,(H,27,34)(H,28,33)(H,29,31)(H2,26,30,32)/b20-13-. The van der Waals surface area contributed by atoms with E-state index in [1.807, 2.05) is 62.4 Å². The molecule has 0 saturated heterocycles. The highest BCUT2D eigenvalue weighted by Crippen LogP contribution is 2.33. The second-order valence-corrected chi connectivity index (χ2v) is 8.22. The summed E-state index contributed by atoms with van der Waals surface area (Å²) in [6.45, 7) is 3.73. The van der Waals surface area contributed by atoms with Gasteiger partial charge in [0, 0.05) is 34.9 Å². The van der Waals surface area contributed by atoms with Crippen molar-refractivity contribution in [3.8, 4) is 0 Å². The fourth-order valence-electron chi connectivity index (χ4n) is 3.81. The molecule has 5 N–H and O–H groups in total. The molecular formula is C25H23N7O2. The average molecular weight is 454 g/mol. The van der Waals surface area contributed by atoms with Gasteiger partial charge in [-0.05, 0) is 61.7 Å². The number of anilines is 3. The van der Waals surface area contributed by atoms with Gasteiger partial charge in [-0.2, -0.15) is 10.2 Å². The van der Waals surface area contributed by atoms with Crippen LogP contribution in [-0.2, 0) is 11.2 Å². The molecule has 1 aliphatic heterocycles. The first-order valence-electron chi connectivity index (χ1n) is 10.8. The Morgan fingerprint density at radius 2 is 1.76 bits per heavy atom. The molecule has 34 heavy (non-hydrogen) atoms. The molecule has 9 nitrogen and oxygen atoms in total. The van der Waals surface area contributed by atoms with Crippen LogP contribution in [0.3, 0.4) is 0 Å². The Hall–Kier alpha value is -4.66. The molecule has 2 aromatic heterocycles. The highest BCUT2D eigenvalue weighted by atomic mass is 16.2. The highest BCUT2D eigenvalue weighted by Gasteiger charge is 2.24. The third kappa shape index (κ3) is 4.44. The van der Waals surface area contributed by atoms with Gasteiger partial charge in [0.1, 0.15) is 5.82 Å². The van der Waals surface area contributed by atoms with E-state index in [2.05, 4.69) is 36.3 Å². The summed E-state index contributed by atoms with van der Waals surface area (Å²) in [5.74, 6) is 0.311. The summed E-state index contributed by atoms with van der Waals surface area (Å²) < 4.78 is 0. The molecule has 0 aliphatic carbocycles. The zero-order valence-corrected chi connectivity index (χ0v) is 18.7. The number of aromatic nitrogens is 4. The van der Waals surface area contributed by atoms with Gasteiger partial charge in [-0.15, -0.1) is 0 Å². The molecule has 0 atom stereocenters. The molecule has 0 saturated carbocycles. The van der Waals surface area contributed by atoms with Gasteiger partial charge in [-0.3, -0.25) is 19.8 Å². The van der Waals surface area contributed by atoms with Crippen LogP contribution in [0.2, 0.25) is 0 Å². The molecule has 2 amide bonds. The van der Waals surface area contributed by atoms with Crippen molar-refractivity contribution in [3.05, 3.63) is 94.6 Å². The maximum absolute atomic E-state index is 12.5. The lowest BCUT2D eigenvalue weighted by atomic mass is 9.99. The van der Waals surface area contributed by atoms with E-state index in [9.17, 15) is 9.59 Å². The van der Waals surface area contributed by atoms with Crippen LogP contribution >= 0.6 is 0 Å². The Labute approximate surface area is 195 Å². The van der Waals surface area contributed by atoms with Gasteiger partial charge in [0.2, 0.25) is 0 Å². The lowest BCUT2D eigenvalue weighted by molar-refractivity contribution is -0.110. The van der Waals surface area contributed by atoms with E-state index < -0.39 is 0 Å². The number of carbonyl (C=O) groups is 2. The summed E-state index contributed by atoms with van der Waals surface area (Å²) in [5.41, 5.74) is 7.10. The predicted molar refractivity (Wildman–Crippen MR) is 131 cm³/mol. The van der Waals surface area contributed by atoms with Gasteiger partial charge >= 0.3 is 0 Å². The fourth-order valence-corrected chi connectivity index (χ4v) is 3.81. The first kappa shape index (κ1) is 21.2. The Balaban J connectivity index is 1.28. The van der Waals surface area contributed by atoms with Crippen LogP contribution in [0, 0.1) is 13.8 Å². The van der Waals surface area contributed by atoms with Gasteiger partial charge in [0.25, 0.3) is 11.8 Å². The molecule has 0 fully saturated rings. The van der Waals surface area contributed by atoms with Crippen LogP contribution in [0.5, 0.6) is 0 Å². The van der Waals surface area contributed by atoms with Crippen LogP contribution in [0.15, 0.2) is 60.8 Å². The number of rotatable bonds is 6. The number of benzene rings is 2. The Morgan fingerprint density at radius 1 is 0.971 bits per heavy atom. The van der Waals surface area contributed by atoms with Crippen LogP contribution in [0.1, 0.15) is 38.6 Å². The SMILES string of the molecule is Cc1cc(N/C=C2\C(=O)Nc3ccc(Cc4ccc(NC(=O)c5cc(C)[nH]n5)cc4)cc32)[nH]n1. The van der Waals surface area contributed by atoms with Crippen molar-refractivity contribution < 1.29 is 9.59 Å². The Morgan fingerprint density at radius 3 is 2.47 bits per heavy atom. The number of nitrogens with zero attached hydrogens (tertiary/aromatic N) is 2. The molecule has 9 heteroatoms. The molecule has 3 heterocycles. The molecule has 1 aliphatic rings. The highest BCUT2D eigenvalue weighted by molar-refractivity contribution is 6.31. The lowest BCUT2D eigenvalue weighted by Gasteiger charge is -2.07. The van der Waals surface area contributed by atoms with E-state index >= 15 is 0 Å². The van der Waals surface area contributed by atoms with Crippen molar-refractivity contribution >= 4 is 34.6 Å². The number of aromatic amines is 2. The number of H-pyrrole nitrogens is 2. The fraction of sp³-hybridized carbons (Fsp3) is 0.120. The molecule has 0 radical (unpaired) electrons. The van der Waals surface area contributed by atoms with Gasteiger partial charge < -0.3 is 16.0 Å². The van der Waals surface area contributed by atoms with E-state index in [4.69, 9.17) is 0 Å². The molecule has 4 aromatic rings. The van der Waals surface area contributed by atoms with Crippen LogP contribution in [-0.4, -0.2) is 32.2 Å². The van der Waals surface area contributed by atoms with E-state index in [-0.39, 0.29) is 11.8 Å². The molecule has 0 spiro atoms. The van der Waals surface area contributed by atoms with Crippen molar-refractivity contribution in [2.24, 2.45) is 0 Å². The second kappa shape index (κ2) is 8.70. The topological polar surface area (TPSA) is 128 Å². The predicted octanol–water partition coefficient (Wildman–Crippen LogP) is 4.00. The summed E-state index contributed by atoms with van der Waals surface area (Å²) in [6, 6.07) is 17.2. The van der Waals surface area contributed by atoms with Gasteiger partial charge in [-0.1, -0.05) is 18.2 Å². The summed E-state index contributed by atoms with van der Waals surface area (Å²) in [4.78, 5) is 24.7. The molecule has 0 unspecified atom stereocenters.